The monoisotopic (exact) mass is 707 g/mol. The predicted molar refractivity (Wildman–Crippen MR) is 236 cm³/mol. The average molecular weight is 707 g/mol. The van der Waals surface area contributed by atoms with Crippen LogP contribution in [0.2, 0.25) is 0 Å². The Hall–Kier alpha value is -6.01. The van der Waals surface area contributed by atoms with Gasteiger partial charge in [-0.2, -0.15) is 9.97 Å². The van der Waals surface area contributed by atoms with Gasteiger partial charge in [0.1, 0.15) is 39.2 Å². The maximum absolute atomic E-state index is 6.53. The number of aromatic nitrogens is 5. The number of aryl methyl sites for hydroxylation is 1. The van der Waals surface area contributed by atoms with Gasteiger partial charge in [0.2, 0.25) is 5.95 Å². The molecule has 0 amide bonds. The fourth-order valence-corrected chi connectivity index (χ4v) is 8.49. The van der Waals surface area contributed by atoms with Crippen LogP contribution >= 0.6 is 0 Å². The van der Waals surface area contributed by atoms with Gasteiger partial charge in [0.15, 0.2) is 11.6 Å². The molecule has 1 unspecified atom stereocenters. The maximum atomic E-state index is 6.53. The summed E-state index contributed by atoms with van der Waals surface area (Å²) in [7, 11) is 31.8. The number of allylic oxidation sites excluding steroid dienone is 1. The number of hydrogen-bond acceptors (Lipinski definition) is 3. The van der Waals surface area contributed by atoms with E-state index in [0.717, 1.165) is 52.8 Å². The molecule has 254 valence electrons. The highest BCUT2D eigenvalue weighted by Gasteiger charge is 2.26. The summed E-state index contributed by atoms with van der Waals surface area (Å²) in [6.07, 6.45) is 12.1. The van der Waals surface area contributed by atoms with E-state index in [2.05, 4.69) is 82.8 Å². The predicted octanol–water partition coefficient (Wildman–Crippen LogP) is 3.29. The number of fused-ring (bicyclic) bond motifs is 7. The maximum Gasteiger partial charge on any atom is 0.238 e. The fraction of sp³-hybridized carbons (Fsp3) is 0.109. The van der Waals surface area contributed by atoms with Crippen molar-refractivity contribution in [2.75, 3.05) is 0 Å². The third kappa shape index (κ3) is 5.33. The molecule has 0 fully saturated rings. The molecule has 0 bridgehead atoms. The van der Waals surface area contributed by atoms with E-state index in [4.69, 9.17) is 54.2 Å². The van der Waals surface area contributed by atoms with Crippen LogP contribution in [0.5, 0.6) is 0 Å². The Balaban J connectivity index is 1.30. The number of para-hydroxylation sites is 1. The van der Waals surface area contributed by atoms with Crippen LogP contribution in [0.4, 0.5) is 0 Å². The number of rotatable bonds is 5. The average Bonchev–Trinajstić information content (AvgIpc) is 3.75. The third-order valence-electron chi connectivity index (χ3n) is 11.2. The van der Waals surface area contributed by atoms with E-state index in [1.165, 1.54) is 26.9 Å². The second kappa shape index (κ2) is 13.3. The Morgan fingerprint density at radius 2 is 1.25 bits per heavy atom. The summed E-state index contributed by atoms with van der Waals surface area (Å²) in [5.74, 6) is 1.98. The van der Waals surface area contributed by atoms with Gasteiger partial charge in [-0.15, -0.1) is 16.4 Å². The molecule has 0 spiro atoms. The lowest BCUT2D eigenvalue weighted by Gasteiger charge is -2.21. The van der Waals surface area contributed by atoms with Crippen molar-refractivity contribution in [2.45, 2.75) is 26.2 Å². The smallest absolute Gasteiger partial charge is 0.238 e. The normalized spacial score (nSPS) is 14.7. The molecular formula is C46H30B5N5. The van der Waals surface area contributed by atoms with Gasteiger partial charge in [0.25, 0.3) is 0 Å². The van der Waals surface area contributed by atoms with Gasteiger partial charge in [0, 0.05) is 38.2 Å². The second-order valence-electron chi connectivity index (χ2n) is 14.7. The lowest BCUT2D eigenvalue weighted by atomic mass is 9.59. The largest absolute Gasteiger partial charge is 0.308 e. The van der Waals surface area contributed by atoms with E-state index in [1.807, 2.05) is 54.6 Å². The zero-order valence-corrected chi connectivity index (χ0v) is 30.9. The van der Waals surface area contributed by atoms with Crippen molar-refractivity contribution in [3.8, 4) is 45.5 Å². The first kappa shape index (κ1) is 34.5. The fourth-order valence-electron chi connectivity index (χ4n) is 8.49. The van der Waals surface area contributed by atoms with Crippen molar-refractivity contribution >= 4 is 107 Å². The molecule has 5 nitrogen and oxygen atoms in total. The Morgan fingerprint density at radius 3 is 2.00 bits per heavy atom. The van der Waals surface area contributed by atoms with Gasteiger partial charge in [-0.25, -0.2) is 4.98 Å². The lowest BCUT2D eigenvalue weighted by Crippen LogP contribution is -2.55. The van der Waals surface area contributed by atoms with Crippen LogP contribution in [0, 0.1) is 5.92 Å². The van der Waals surface area contributed by atoms with Crippen LogP contribution in [0.1, 0.15) is 31.0 Å². The first-order valence-corrected chi connectivity index (χ1v) is 18.9. The summed E-state index contributed by atoms with van der Waals surface area (Å²) in [6, 6.07) is 33.0. The Labute approximate surface area is 332 Å². The third-order valence-corrected chi connectivity index (χ3v) is 11.2. The Kier molecular flexibility index (Phi) is 8.21. The van der Waals surface area contributed by atoms with Crippen molar-refractivity contribution in [3.05, 3.63) is 125 Å². The summed E-state index contributed by atoms with van der Waals surface area (Å²) >= 11 is 0. The summed E-state index contributed by atoms with van der Waals surface area (Å²) in [5, 5.41) is 4.85. The van der Waals surface area contributed by atoms with E-state index < -0.39 is 0 Å². The van der Waals surface area contributed by atoms with Gasteiger partial charge in [-0.3, -0.25) is 4.57 Å². The highest BCUT2D eigenvalue weighted by Crippen LogP contribution is 2.38. The molecule has 3 aromatic heterocycles. The first-order chi connectivity index (χ1) is 27.3. The highest BCUT2D eigenvalue weighted by atomic mass is 15.2. The first-order valence-electron chi connectivity index (χ1n) is 18.9. The van der Waals surface area contributed by atoms with Gasteiger partial charge in [-0.05, 0) is 66.1 Å². The second-order valence-corrected chi connectivity index (χ2v) is 14.7. The summed E-state index contributed by atoms with van der Waals surface area (Å²) in [6.45, 7) is 2.28. The number of nitrogens with zero attached hydrogens (tertiary/aromatic N) is 5. The zero-order chi connectivity index (χ0) is 38.2. The molecule has 0 N–H and O–H groups in total. The molecule has 56 heavy (non-hydrogen) atoms. The van der Waals surface area contributed by atoms with Crippen molar-refractivity contribution in [1.82, 2.24) is 24.1 Å². The quantitative estimate of drug-likeness (QED) is 0.259. The van der Waals surface area contributed by atoms with Crippen molar-refractivity contribution in [2.24, 2.45) is 5.92 Å². The minimum absolute atomic E-state index is 0.171. The molecule has 10 radical (unpaired) electrons. The van der Waals surface area contributed by atoms with Gasteiger partial charge < -0.3 is 4.57 Å². The Bertz CT molecular complexity index is 3050. The van der Waals surface area contributed by atoms with Crippen LogP contribution in [-0.4, -0.2) is 63.3 Å². The number of benzene rings is 5. The van der Waals surface area contributed by atoms with Crippen LogP contribution in [-0.2, 0) is 6.42 Å². The van der Waals surface area contributed by atoms with Crippen molar-refractivity contribution < 1.29 is 0 Å². The van der Waals surface area contributed by atoms with E-state index in [1.54, 1.807) is 0 Å². The molecule has 3 heterocycles. The number of hydrogen-bond donors (Lipinski definition) is 0. The van der Waals surface area contributed by atoms with E-state index >= 15 is 0 Å². The molecule has 0 saturated heterocycles. The summed E-state index contributed by atoms with van der Waals surface area (Å²) < 4.78 is 4.67. The van der Waals surface area contributed by atoms with Crippen LogP contribution in [0.15, 0.2) is 103 Å². The molecule has 0 aliphatic heterocycles. The lowest BCUT2D eigenvalue weighted by molar-refractivity contribution is 0.795. The molecule has 8 aromatic rings. The molecule has 10 heteroatoms. The van der Waals surface area contributed by atoms with Crippen LogP contribution < -0.4 is 37.9 Å². The molecule has 0 saturated carbocycles. The standard InChI is InChI=1S/C46H30B5N5/c1-25-19-22-35-33(23-25)32-21-20-31-30-17-8-9-18-34(30)56(43(31)42(32)55(35)29-15-6-3-7-16-29)46-53-44(26-11-4-2-5-12-26)52-45(54-46)28-14-10-13-27(24-28)36-37(47)39(49)41(51)40(50)38(36)48/h2-7,9-16,18,20-25H,8,17,19H2,1H3. The summed E-state index contributed by atoms with van der Waals surface area (Å²) in [5.41, 5.74) is 9.56. The molecule has 10 rings (SSSR count). The van der Waals surface area contributed by atoms with E-state index in [-0.39, 0.29) is 27.3 Å². The molecule has 2 aliphatic rings. The van der Waals surface area contributed by atoms with E-state index in [9.17, 15) is 0 Å². The topological polar surface area (TPSA) is 48.5 Å². The molecule has 1 atom stereocenters. The van der Waals surface area contributed by atoms with Crippen molar-refractivity contribution in [3.63, 3.8) is 0 Å². The zero-order valence-electron chi connectivity index (χ0n) is 30.9. The van der Waals surface area contributed by atoms with E-state index in [0.29, 0.717) is 34.6 Å². The minimum Gasteiger partial charge on any atom is -0.308 e. The van der Waals surface area contributed by atoms with Gasteiger partial charge in [-0.1, -0.05) is 115 Å². The van der Waals surface area contributed by atoms with Crippen LogP contribution in [0.25, 0.3) is 85.6 Å². The van der Waals surface area contributed by atoms with Gasteiger partial charge in [0.05, 0.1) is 16.7 Å². The Morgan fingerprint density at radius 1 is 0.625 bits per heavy atom. The highest BCUT2D eigenvalue weighted by molar-refractivity contribution is 6.68. The van der Waals surface area contributed by atoms with Gasteiger partial charge >= 0.3 is 0 Å². The minimum atomic E-state index is 0.171. The molecular weight excluding hydrogens is 677 g/mol. The SMILES string of the molecule is [B]c1c([B])c([B])c(-c2cccc(-c3nc(-c4ccccc4)nc(-n4c5c(c6ccc7c8c(n(-c9ccccc9)c7c64)=CCC(C)C=8)CCC=C5)n3)c2)c([B])c1[B]. The molecule has 5 aromatic carbocycles. The molecule has 2 aliphatic carbocycles. The summed E-state index contributed by atoms with van der Waals surface area (Å²) in [4.78, 5) is 15.7. The van der Waals surface area contributed by atoms with Crippen molar-refractivity contribution in [1.29, 1.82) is 0 Å². The van der Waals surface area contributed by atoms with Crippen LogP contribution in [0.3, 0.4) is 0 Å².